The number of benzene rings is 1. The van der Waals surface area contributed by atoms with Gasteiger partial charge in [0.1, 0.15) is 42.9 Å². The van der Waals surface area contributed by atoms with E-state index < -0.39 is 5.92 Å². The Kier molecular flexibility index (Phi) is 7.73. The predicted octanol–water partition coefficient (Wildman–Crippen LogP) is 0.300. The monoisotopic (exact) mass is 509 g/mol. The zero-order valence-corrected chi connectivity index (χ0v) is 21.3. The van der Waals surface area contributed by atoms with Crippen LogP contribution in [-0.2, 0) is 23.8 Å². The van der Waals surface area contributed by atoms with Crippen LogP contribution < -0.4 is 17.0 Å². The van der Waals surface area contributed by atoms with Gasteiger partial charge in [-0.25, -0.2) is 0 Å². The van der Waals surface area contributed by atoms with E-state index in [4.69, 9.17) is 14.2 Å². The second-order valence-corrected chi connectivity index (χ2v) is 10.2. The van der Waals surface area contributed by atoms with Crippen LogP contribution in [0.1, 0.15) is 51.5 Å². The van der Waals surface area contributed by atoms with Gasteiger partial charge in [-0.3, -0.25) is 9.59 Å². The molecule has 0 aliphatic carbocycles. The Morgan fingerprint density at radius 2 is 1.66 bits per heavy atom. The summed E-state index contributed by atoms with van der Waals surface area (Å²) in [7, 11) is 4.52. The number of carbonyl (C=O) groups is 2. The molecule has 0 saturated carbocycles. The first-order chi connectivity index (χ1) is 14.7. The molecule has 6 nitrogen and oxygen atoms in total. The SMILES string of the molecule is CCC(C(=O)OCC(C(=O)OC1CC2C3OC3C(C1)[N+]2(C)C)c1ccccc1)C(C)C.[Br-]. The van der Waals surface area contributed by atoms with Crippen molar-refractivity contribution in [1.29, 1.82) is 0 Å². The van der Waals surface area contributed by atoms with Crippen LogP contribution in [0.5, 0.6) is 0 Å². The Morgan fingerprint density at radius 1 is 1.06 bits per heavy atom. The van der Waals surface area contributed by atoms with E-state index in [2.05, 4.69) is 14.1 Å². The highest BCUT2D eigenvalue weighted by molar-refractivity contribution is 5.79. The van der Waals surface area contributed by atoms with Gasteiger partial charge in [0.25, 0.3) is 0 Å². The van der Waals surface area contributed by atoms with Crippen LogP contribution in [0.4, 0.5) is 0 Å². The lowest BCUT2D eigenvalue weighted by molar-refractivity contribution is -0.938. The van der Waals surface area contributed by atoms with Crippen molar-refractivity contribution in [2.75, 3.05) is 20.7 Å². The molecule has 4 rings (SSSR count). The number of halogens is 1. The van der Waals surface area contributed by atoms with Crippen molar-refractivity contribution in [3.8, 4) is 0 Å². The molecule has 2 bridgehead atoms. The van der Waals surface area contributed by atoms with E-state index in [9.17, 15) is 9.59 Å². The Hall–Kier alpha value is -1.44. The summed E-state index contributed by atoms with van der Waals surface area (Å²) >= 11 is 0. The van der Waals surface area contributed by atoms with E-state index in [0.717, 1.165) is 29.3 Å². The van der Waals surface area contributed by atoms with Gasteiger partial charge < -0.3 is 35.7 Å². The van der Waals surface area contributed by atoms with Crippen molar-refractivity contribution in [3.63, 3.8) is 0 Å². The number of ether oxygens (including phenoxy) is 3. The predicted molar refractivity (Wildman–Crippen MR) is 116 cm³/mol. The van der Waals surface area contributed by atoms with Gasteiger partial charge in [-0.05, 0) is 17.9 Å². The van der Waals surface area contributed by atoms with Crippen molar-refractivity contribution < 1.29 is 45.3 Å². The minimum absolute atomic E-state index is 0. The number of rotatable bonds is 8. The van der Waals surface area contributed by atoms with Crippen molar-refractivity contribution in [2.45, 2.75) is 76.3 Å². The summed E-state index contributed by atoms with van der Waals surface area (Å²) in [5.41, 5.74) is 0.818. The number of fused-ring (bicyclic) bond motifs is 5. The van der Waals surface area contributed by atoms with Crippen LogP contribution >= 0.6 is 0 Å². The smallest absolute Gasteiger partial charge is 0.317 e. The third kappa shape index (κ3) is 4.75. The summed E-state index contributed by atoms with van der Waals surface area (Å²) in [5, 5.41) is 0. The number of quaternary nitrogens is 1. The molecule has 32 heavy (non-hydrogen) atoms. The van der Waals surface area contributed by atoms with Gasteiger partial charge in [-0.2, -0.15) is 0 Å². The van der Waals surface area contributed by atoms with Crippen molar-refractivity contribution in [3.05, 3.63) is 35.9 Å². The lowest BCUT2D eigenvalue weighted by atomic mass is 9.93. The molecule has 0 N–H and O–H groups in total. The average Bonchev–Trinajstić information content (AvgIpc) is 3.47. The number of morpholine rings is 1. The minimum Gasteiger partial charge on any atom is -1.00 e. The van der Waals surface area contributed by atoms with Crippen LogP contribution in [0.25, 0.3) is 0 Å². The van der Waals surface area contributed by atoms with Crippen molar-refractivity contribution >= 4 is 11.9 Å². The topological polar surface area (TPSA) is 65.1 Å². The Morgan fingerprint density at radius 3 is 2.19 bits per heavy atom. The maximum atomic E-state index is 13.2. The molecule has 0 radical (unpaired) electrons. The zero-order chi connectivity index (χ0) is 22.3. The van der Waals surface area contributed by atoms with Gasteiger partial charge in [-0.15, -0.1) is 0 Å². The number of hydrogen-bond acceptors (Lipinski definition) is 5. The summed E-state index contributed by atoms with van der Waals surface area (Å²) in [5.74, 6) is -1.11. The van der Waals surface area contributed by atoms with Gasteiger partial charge in [0.05, 0.1) is 20.0 Å². The number of epoxide rings is 1. The molecule has 6 unspecified atom stereocenters. The fraction of sp³-hybridized carbons (Fsp3) is 0.680. The van der Waals surface area contributed by atoms with E-state index in [1.54, 1.807) is 0 Å². The van der Waals surface area contributed by atoms with Gasteiger partial charge in [0, 0.05) is 12.8 Å². The van der Waals surface area contributed by atoms with Crippen molar-refractivity contribution in [1.82, 2.24) is 0 Å². The summed E-state index contributed by atoms with van der Waals surface area (Å²) in [6.45, 7) is 6.04. The molecular weight excluding hydrogens is 474 g/mol. The first kappa shape index (κ1) is 25.2. The molecule has 3 aliphatic rings. The first-order valence-electron chi connectivity index (χ1n) is 11.6. The molecule has 3 aliphatic heterocycles. The number of piperidine rings is 1. The normalized spacial score (nSPS) is 31.1. The average molecular weight is 510 g/mol. The van der Waals surface area contributed by atoms with Gasteiger partial charge in [-0.1, -0.05) is 51.1 Å². The quantitative estimate of drug-likeness (QED) is 0.286. The molecule has 1 aromatic rings. The molecule has 3 heterocycles. The van der Waals surface area contributed by atoms with E-state index in [0.29, 0.717) is 24.3 Å². The number of nitrogens with zero attached hydrogens (tertiary/aromatic N) is 1. The molecule has 6 atom stereocenters. The standard InChI is InChI=1S/C25H36NO5.BrH/c1-6-18(15(2)3)24(27)29-14-19(16-10-8-7-9-11-16)25(28)30-17-12-20-22-23(31-22)21(13-17)26(20,4)5;/h7-11,15,17-23H,6,12-14H2,1-5H3;1H/q+1;/p-1. The van der Waals surface area contributed by atoms with E-state index in [1.165, 1.54) is 0 Å². The van der Waals surface area contributed by atoms with E-state index in [-0.39, 0.29) is 53.5 Å². The number of esters is 2. The van der Waals surface area contributed by atoms with Gasteiger partial charge in [0.15, 0.2) is 0 Å². The fourth-order valence-corrected chi connectivity index (χ4v) is 5.72. The molecule has 178 valence electrons. The van der Waals surface area contributed by atoms with Crippen LogP contribution in [0, 0.1) is 11.8 Å². The maximum absolute atomic E-state index is 13.2. The third-order valence-electron chi connectivity index (χ3n) is 7.75. The molecule has 3 saturated heterocycles. The lowest BCUT2D eigenvalue weighted by Gasteiger charge is -2.45. The lowest BCUT2D eigenvalue weighted by Crippen LogP contribution is -3.00. The second kappa shape index (κ2) is 9.82. The zero-order valence-electron chi connectivity index (χ0n) is 19.7. The second-order valence-electron chi connectivity index (χ2n) is 10.2. The summed E-state index contributed by atoms with van der Waals surface area (Å²) in [4.78, 5) is 25.8. The molecule has 0 amide bonds. The highest BCUT2D eigenvalue weighted by Crippen LogP contribution is 2.51. The summed E-state index contributed by atoms with van der Waals surface area (Å²) < 4.78 is 18.4. The van der Waals surface area contributed by atoms with E-state index >= 15 is 0 Å². The Bertz CT molecular complexity index is 794. The molecule has 7 heteroatoms. The highest BCUT2D eigenvalue weighted by Gasteiger charge is 2.70. The summed E-state index contributed by atoms with van der Waals surface area (Å²) in [6, 6.07) is 10.3. The molecule has 0 aromatic heterocycles. The number of carbonyl (C=O) groups excluding carboxylic acids is 2. The van der Waals surface area contributed by atoms with Gasteiger partial charge in [0.2, 0.25) is 0 Å². The van der Waals surface area contributed by atoms with Crippen LogP contribution in [0.2, 0.25) is 0 Å². The Balaban J connectivity index is 0.00000289. The first-order valence-corrected chi connectivity index (χ1v) is 11.6. The Labute approximate surface area is 201 Å². The van der Waals surface area contributed by atoms with Crippen LogP contribution in [0.3, 0.4) is 0 Å². The van der Waals surface area contributed by atoms with Crippen molar-refractivity contribution in [2.24, 2.45) is 11.8 Å². The highest BCUT2D eigenvalue weighted by atomic mass is 79.9. The molecule has 3 fully saturated rings. The number of hydrogen-bond donors (Lipinski definition) is 0. The van der Waals surface area contributed by atoms with Gasteiger partial charge >= 0.3 is 11.9 Å². The summed E-state index contributed by atoms with van der Waals surface area (Å²) in [6.07, 6.45) is 2.89. The fourth-order valence-electron chi connectivity index (χ4n) is 5.72. The molecule has 0 spiro atoms. The number of likely N-dealkylation sites (N-methyl/N-ethyl adjacent to an activating group) is 1. The molecule has 1 aromatic carbocycles. The largest absolute Gasteiger partial charge is 1.00 e. The minimum atomic E-state index is -0.609. The van der Waals surface area contributed by atoms with E-state index in [1.807, 2.05) is 51.1 Å². The third-order valence-corrected chi connectivity index (χ3v) is 7.75. The van der Waals surface area contributed by atoms with Crippen LogP contribution in [0.15, 0.2) is 30.3 Å². The maximum Gasteiger partial charge on any atom is 0.317 e. The molecular formula is C25H36BrNO5. The van der Waals surface area contributed by atoms with Crippen LogP contribution in [-0.4, -0.2) is 67.5 Å².